The minimum Gasteiger partial charge on any atom is -0.481 e. The van der Waals surface area contributed by atoms with Gasteiger partial charge >= 0.3 is 0 Å². The molecule has 2 aromatic rings. The summed E-state index contributed by atoms with van der Waals surface area (Å²) in [5, 5.41) is 0. The molecule has 0 N–H and O–H groups in total. The van der Waals surface area contributed by atoms with Crippen molar-refractivity contribution in [1.82, 2.24) is 4.90 Å². The number of morpholine rings is 1. The first-order valence-corrected chi connectivity index (χ1v) is 8.46. The zero-order valence-corrected chi connectivity index (χ0v) is 14.2. The van der Waals surface area contributed by atoms with Gasteiger partial charge in [-0.05, 0) is 24.6 Å². The van der Waals surface area contributed by atoms with Crippen molar-refractivity contribution in [3.05, 3.63) is 66.0 Å². The summed E-state index contributed by atoms with van der Waals surface area (Å²) in [6.45, 7) is 2.77. The van der Waals surface area contributed by atoms with Crippen molar-refractivity contribution in [2.45, 2.75) is 25.5 Å². The van der Waals surface area contributed by atoms with Gasteiger partial charge in [-0.25, -0.2) is 4.39 Å². The molecule has 25 heavy (non-hydrogen) atoms. The van der Waals surface area contributed by atoms with E-state index in [1.807, 2.05) is 25.1 Å². The van der Waals surface area contributed by atoms with Crippen LogP contribution in [0, 0.1) is 5.82 Å². The summed E-state index contributed by atoms with van der Waals surface area (Å²) in [6.07, 6.45) is 0.710. The number of nitrogens with zero attached hydrogens (tertiary/aromatic N) is 1. The van der Waals surface area contributed by atoms with Crippen molar-refractivity contribution in [2.75, 3.05) is 19.8 Å². The number of hydrogen-bond donors (Lipinski definition) is 0. The Bertz CT molecular complexity index is 707. The van der Waals surface area contributed by atoms with E-state index in [1.54, 1.807) is 17.0 Å². The van der Waals surface area contributed by atoms with Crippen LogP contribution in [0.15, 0.2) is 54.6 Å². The molecule has 1 heterocycles. The number of halogens is 1. The van der Waals surface area contributed by atoms with Gasteiger partial charge in [0.1, 0.15) is 0 Å². The van der Waals surface area contributed by atoms with Crippen LogP contribution >= 0.6 is 0 Å². The average Bonchev–Trinajstić information content (AvgIpc) is 2.63. The molecule has 5 heteroatoms. The zero-order chi connectivity index (χ0) is 17.6. The van der Waals surface area contributed by atoms with E-state index in [1.165, 1.54) is 17.7 Å². The Balaban J connectivity index is 1.57. The monoisotopic (exact) mass is 343 g/mol. The predicted octanol–water partition coefficient (Wildman–Crippen LogP) is 3.06. The highest BCUT2D eigenvalue weighted by Gasteiger charge is 2.30. The molecule has 4 nitrogen and oxygen atoms in total. The van der Waals surface area contributed by atoms with E-state index in [0.717, 1.165) is 6.42 Å². The maximum Gasteiger partial charge on any atom is 0.260 e. The number of carbonyl (C=O) groups excluding carboxylic acids is 1. The molecule has 2 atom stereocenters. The van der Waals surface area contributed by atoms with E-state index in [0.29, 0.717) is 13.2 Å². The molecule has 0 saturated carbocycles. The molecule has 2 unspecified atom stereocenters. The highest BCUT2D eigenvalue weighted by Crippen LogP contribution is 2.18. The Morgan fingerprint density at radius 3 is 2.68 bits per heavy atom. The first-order chi connectivity index (χ1) is 12.1. The Morgan fingerprint density at radius 1 is 1.20 bits per heavy atom. The van der Waals surface area contributed by atoms with Gasteiger partial charge < -0.3 is 14.4 Å². The number of rotatable bonds is 5. The maximum atomic E-state index is 13.6. The van der Waals surface area contributed by atoms with E-state index in [4.69, 9.17) is 9.47 Å². The largest absolute Gasteiger partial charge is 0.481 e. The van der Waals surface area contributed by atoms with Crippen molar-refractivity contribution >= 4 is 5.91 Å². The molecule has 0 radical (unpaired) electrons. The number of benzene rings is 2. The molecule has 3 rings (SSSR count). The van der Waals surface area contributed by atoms with Crippen LogP contribution in [-0.2, 0) is 16.0 Å². The van der Waals surface area contributed by atoms with Gasteiger partial charge in [0.25, 0.3) is 5.91 Å². The van der Waals surface area contributed by atoms with E-state index in [-0.39, 0.29) is 30.4 Å². The molecular weight excluding hydrogens is 321 g/mol. The fraction of sp³-hybridized carbons (Fsp3) is 0.350. The van der Waals surface area contributed by atoms with Gasteiger partial charge in [0.2, 0.25) is 0 Å². The van der Waals surface area contributed by atoms with Crippen LogP contribution in [0.25, 0.3) is 0 Å². The van der Waals surface area contributed by atoms with Crippen LogP contribution < -0.4 is 4.74 Å². The highest BCUT2D eigenvalue weighted by molar-refractivity contribution is 5.78. The van der Waals surface area contributed by atoms with Crippen LogP contribution in [-0.4, -0.2) is 42.7 Å². The molecule has 0 spiro atoms. The van der Waals surface area contributed by atoms with Crippen molar-refractivity contribution < 1.29 is 18.7 Å². The summed E-state index contributed by atoms with van der Waals surface area (Å²) in [4.78, 5) is 14.3. The number of para-hydroxylation sites is 1. The van der Waals surface area contributed by atoms with Crippen molar-refractivity contribution in [2.24, 2.45) is 0 Å². The predicted molar refractivity (Wildman–Crippen MR) is 93.0 cm³/mol. The molecule has 0 bridgehead atoms. The van der Waals surface area contributed by atoms with Gasteiger partial charge in [0, 0.05) is 13.0 Å². The van der Waals surface area contributed by atoms with Gasteiger partial charge in [-0.1, -0.05) is 42.5 Å². The van der Waals surface area contributed by atoms with Crippen LogP contribution in [0.4, 0.5) is 4.39 Å². The summed E-state index contributed by atoms with van der Waals surface area (Å²) in [6, 6.07) is 16.1. The number of ether oxygens (including phenoxy) is 2. The van der Waals surface area contributed by atoms with E-state index in [9.17, 15) is 9.18 Å². The number of carbonyl (C=O) groups is 1. The topological polar surface area (TPSA) is 38.8 Å². The Labute approximate surface area is 147 Å². The van der Waals surface area contributed by atoms with E-state index >= 15 is 0 Å². The molecule has 1 fully saturated rings. The minimum atomic E-state index is -0.465. The lowest BCUT2D eigenvalue weighted by Gasteiger charge is -2.38. The van der Waals surface area contributed by atoms with Gasteiger partial charge in [0.05, 0.1) is 18.8 Å². The highest BCUT2D eigenvalue weighted by atomic mass is 19.1. The number of amides is 1. The summed E-state index contributed by atoms with van der Waals surface area (Å²) in [5.41, 5.74) is 1.18. The number of hydrogen-bond acceptors (Lipinski definition) is 3. The van der Waals surface area contributed by atoms with Gasteiger partial charge in [-0.15, -0.1) is 0 Å². The van der Waals surface area contributed by atoms with E-state index < -0.39 is 5.82 Å². The maximum absolute atomic E-state index is 13.6. The van der Waals surface area contributed by atoms with Crippen molar-refractivity contribution in [1.29, 1.82) is 0 Å². The molecular formula is C20H22FNO3. The quantitative estimate of drug-likeness (QED) is 0.837. The van der Waals surface area contributed by atoms with Crippen LogP contribution in [0.1, 0.15) is 12.5 Å². The van der Waals surface area contributed by atoms with Gasteiger partial charge in [0.15, 0.2) is 18.2 Å². The molecule has 1 saturated heterocycles. The molecule has 1 aliphatic heterocycles. The van der Waals surface area contributed by atoms with Crippen molar-refractivity contribution in [3.8, 4) is 5.75 Å². The fourth-order valence-corrected chi connectivity index (χ4v) is 2.95. The minimum absolute atomic E-state index is 0.0243. The molecule has 0 aliphatic carbocycles. The SMILES string of the molecule is CC1COC(Cc2ccccc2)CN1C(=O)COc1ccccc1F. The fourth-order valence-electron chi connectivity index (χ4n) is 2.95. The molecule has 1 amide bonds. The first-order valence-electron chi connectivity index (χ1n) is 8.46. The third-order valence-electron chi connectivity index (χ3n) is 4.32. The standard InChI is InChI=1S/C20H22FNO3/c1-15-13-24-17(11-16-7-3-2-4-8-16)12-22(15)20(23)14-25-19-10-6-5-9-18(19)21/h2-10,15,17H,11-14H2,1H3. The third kappa shape index (κ3) is 4.57. The second kappa shape index (κ2) is 8.12. The summed E-state index contributed by atoms with van der Waals surface area (Å²) in [7, 11) is 0. The lowest BCUT2D eigenvalue weighted by atomic mass is 10.1. The average molecular weight is 343 g/mol. The lowest BCUT2D eigenvalue weighted by Crippen LogP contribution is -2.52. The first kappa shape index (κ1) is 17.4. The van der Waals surface area contributed by atoms with Crippen LogP contribution in [0.3, 0.4) is 0 Å². The molecule has 132 valence electrons. The molecule has 2 aromatic carbocycles. The lowest BCUT2D eigenvalue weighted by molar-refractivity contribution is -0.146. The summed E-state index contributed by atoms with van der Waals surface area (Å²) < 4.78 is 24.8. The second-order valence-electron chi connectivity index (χ2n) is 6.26. The second-order valence-corrected chi connectivity index (χ2v) is 6.26. The molecule has 0 aromatic heterocycles. The summed E-state index contributed by atoms with van der Waals surface area (Å²) >= 11 is 0. The Morgan fingerprint density at radius 2 is 1.92 bits per heavy atom. The molecule has 1 aliphatic rings. The van der Waals surface area contributed by atoms with Crippen LogP contribution in [0.5, 0.6) is 5.75 Å². The van der Waals surface area contributed by atoms with Crippen molar-refractivity contribution in [3.63, 3.8) is 0 Å². The Hall–Kier alpha value is -2.40. The van der Waals surface area contributed by atoms with Crippen LogP contribution in [0.2, 0.25) is 0 Å². The summed E-state index contributed by atoms with van der Waals surface area (Å²) in [5.74, 6) is -0.526. The van der Waals surface area contributed by atoms with E-state index in [2.05, 4.69) is 12.1 Å². The van der Waals surface area contributed by atoms with Gasteiger partial charge in [-0.3, -0.25) is 4.79 Å². The zero-order valence-electron chi connectivity index (χ0n) is 14.2. The smallest absolute Gasteiger partial charge is 0.260 e. The van der Waals surface area contributed by atoms with Gasteiger partial charge in [-0.2, -0.15) is 0 Å². The Kier molecular flexibility index (Phi) is 5.66. The normalized spacial score (nSPS) is 20.3. The third-order valence-corrected chi connectivity index (χ3v) is 4.32.